The van der Waals surface area contributed by atoms with Crippen LogP contribution in [0.3, 0.4) is 0 Å². The number of rotatable bonds is 3. The molecule has 0 radical (unpaired) electrons. The molecule has 4 heteroatoms. The number of nitrogens with zero attached hydrogens (tertiary/aromatic N) is 2. The Hall–Kier alpha value is -1.94. The first-order valence-corrected chi connectivity index (χ1v) is 7.47. The van der Waals surface area contributed by atoms with Crippen LogP contribution in [0.1, 0.15) is 11.3 Å². The molecule has 21 heavy (non-hydrogen) atoms. The summed E-state index contributed by atoms with van der Waals surface area (Å²) in [6.07, 6.45) is 0. The van der Waals surface area contributed by atoms with Crippen LogP contribution >= 0.6 is 15.9 Å². The minimum absolute atomic E-state index is 0.235. The molecule has 3 aromatic rings. The van der Waals surface area contributed by atoms with Crippen molar-refractivity contribution in [3.05, 3.63) is 76.1 Å². The monoisotopic (exact) mass is 344 g/mol. The summed E-state index contributed by atoms with van der Waals surface area (Å²) in [4.78, 5) is 0. The molecule has 0 fully saturated rings. The van der Waals surface area contributed by atoms with E-state index in [1.165, 1.54) is 17.7 Å². The SMILES string of the molecule is Cc1nn(Cc2ccccc2)c(-c2ccc(F)cc2)c1Br. The van der Waals surface area contributed by atoms with Gasteiger partial charge in [-0.2, -0.15) is 5.10 Å². The fourth-order valence-corrected chi connectivity index (χ4v) is 2.83. The number of halogens is 2. The molecular weight excluding hydrogens is 331 g/mol. The number of hydrogen-bond acceptors (Lipinski definition) is 1. The van der Waals surface area contributed by atoms with E-state index in [0.29, 0.717) is 6.54 Å². The van der Waals surface area contributed by atoms with E-state index in [-0.39, 0.29) is 5.82 Å². The zero-order valence-corrected chi connectivity index (χ0v) is 13.1. The lowest BCUT2D eigenvalue weighted by atomic mass is 10.1. The Balaban J connectivity index is 2.05. The van der Waals surface area contributed by atoms with Crippen molar-refractivity contribution in [1.82, 2.24) is 9.78 Å². The highest BCUT2D eigenvalue weighted by molar-refractivity contribution is 9.10. The summed E-state index contributed by atoms with van der Waals surface area (Å²) in [7, 11) is 0. The van der Waals surface area contributed by atoms with Crippen molar-refractivity contribution in [2.24, 2.45) is 0 Å². The van der Waals surface area contributed by atoms with E-state index in [1.54, 1.807) is 12.1 Å². The molecule has 0 N–H and O–H groups in total. The van der Waals surface area contributed by atoms with E-state index in [1.807, 2.05) is 29.8 Å². The van der Waals surface area contributed by atoms with Crippen LogP contribution in [0.15, 0.2) is 59.1 Å². The maximum Gasteiger partial charge on any atom is 0.123 e. The smallest absolute Gasteiger partial charge is 0.123 e. The van der Waals surface area contributed by atoms with Gasteiger partial charge in [0.25, 0.3) is 0 Å². The van der Waals surface area contributed by atoms with Crippen LogP contribution in [-0.4, -0.2) is 9.78 Å². The third-order valence-corrected chi connectivity index (χ3v) is 4.30. The predicted octanol–water partition coefficient (Wildman–Crippen LogP) is 4.81. The highest BCUT2D eigenvalue weighted by atomic mass is 79.9. The standard InChI is InChI=1S/C17H14BrFN2/c1-12-16(18)17(14-7-9-15(19)10-8-14)21(20-12)11-13-5-3-2-4-6-13/h2-10H,11H2,1H3. The minimum Gasteiger partial charge on any atom is -0.259 e. The van der Waals surface area contributed by atoms with Crippen LogP contribution in [0, 0.1) is 12.7 Å². The molecular formula is C17H14BrFN2. The van der Waals surface area contributed by atoms with E-state index in [9.17, 15) is 4.39 Å². The van der Waals surface area contributed by atoms with Gasteiger partial charge in [-0.15, -0.1) is 0 Å². The highest BCUT2D eigenvalue weighted by Gasteiger charge is 2.15. The van der Waals surface area contributed by atoms with Gasteiger partial charge in [0.05, 0.1) is 22.4 Å². The van der Waals surface area contributed by atoms with Gasteiger partial charge in [0, 0.05) is 5.56 Å². The summed E-state index contributed by atoms with van der Waals surface area (Å²) in [6.45, 7) is 2.64. The number of aryl methyl sites for hydroxylation is 1. The van der Waals surface area contributed by atoms with Gasteiger partial charge in [-0.1, -0.05) is 30.3 Å². The van der Waals surface area contributed by atoms with Gasteiger partial charge in [-0.3, -0.25) is 4.68 Å². The van der Waals surface area contributed by atoms with E-state index < -0.39 is 0 Å². The van der Waals surface area contributed by atoms with Gasteiger partial charge in [-0.05, 0) is 52.7 Å². The Labute approximate surface area is 131 Å². The summed E-state index contributed by atoms with van der Waals surface area (Å²) in [5.74, 6) is -0.235. The molecule has 2 nitrogen and oxygen atoms in total. The molecule has 3 rings (SSSR count). The van der Waals surface area contributed by atoms with Gasteiger partial charge in [0.15, 0.2) is 0 Å². The normalized spacial score (nSPS) is 10.8. The second-order valence-corrected chi connectivity index (χ2v) is 5.69. The second kappa shape index (κ2) is 5.82. The lowest BCUT2D eigenvalue weighted by Gasteiger charge is -2.08. The summed E-state index contributed by atoms with van der Waals surface area (Å²) < 4.78 is 16.0. The highest BCUT2D eigenvalue weighted by Crippen LogP contribution is 2.31. The average Bonchev–Trinajstić information content (AvgIpc) is 2.76. The van der Waals surface area contributed by atoms with Crippen molar-refractivity contribution in [2.75, 3.05) is 0 Å². The van der Waals surface area contributed by atoms with Gasteiger partial charge in [0.1, 0.15) is 5.82 Å². The maximum absolute atomic E-state index is 13.1. The van der Waals surface area contributed by atoms with Crippen molar-refractivity contribution in [1.29, 1.82) is 0 Å². The van der Waals surface area contributed by atoms with Crippen molar-refractivity contribution >= 4 is 15.9 Å². The molecule has 0 aliphatic rings. The Morgan fingerprint density at radius 2 is 1.71 bits per heavy atom. The Morgan fingerprint density at radius 1 is 1.05 bits per heavy atom. The molecule has 106 valence electrons. The Bertz CT molecular complexity index is 748. The third kappa shape index (κ3) is 2.90. The van der Waals surface area contributed by atoms with E-state index in [4.69, 9.17) is 0 Å². The molecule has 0 atom stereocenters. The van der Waals surface area contributed by atoms with Gasteiger partial charge >= 0.3 is 0 Å². The first-order chi connectivity index (χ1) is 10.1. The quantitative estimate of drug-likeness (QED) is 0.666. The third-order valence-electron chi connectivity index (χ3n) is 3.35. The molecule has 1 aromatic heterocycles. The average molecular weight is 345 g/mol. The van der Waals surface area contributed by atoms with Gasteiger partial charge in [0.2, 0.25) is 0 Å². The number of benzene rings is 2. The molecule has 0 bridgehead atoms. The van der Waals surface area contributed by atoms with E-state index in [2.05, 4.69) is 33.2 Å². The minimum atomic E-state index is -0.235. The molecule has 0 aliphatic carbocycles. The van der Waals surface area contributed by atoms with Crippen molar-refractivity contribution in [3.63, 3.8) is 0 Å². The molecule has 0 aliphatic heterocycles. The van der Waals surface area contributed by atoms with Crippen molar-refractivity contribution in [3.8, 4) is 11.3 Å². The topological polar surface area (TPSA) is 17.8 Å². The van der Waals surface area contributed by atoms with Gasteiger partial charge in [-0.25, -0.2) is 4.39 Å². The van der Waals surface area contributed by atoms with Crippen LogP contribution in [0.5, 0.6) is 0 Å². The van der Waals surface area contributed by atoms with Gasteiger partial charge < -0.3 is 0 Å². The fraction of sp³-hybridized carbons (Fsp3) is 0.118. The molecule has 0 saturated heterocycles. The van der Waals surface area contributed by atoms with Crippen LogP contribution in [0.4, 0.5) is 4.39 Å². The van der Waals surface area contributed by atoms with E-state index in [0.717, 1.165) is 21.4 Å². The van der Waals surface area contributed by atoms with Crippen LogP contribution in [-0.2, 0) is 6.54 Å². The zero-order chi connectivity index (χ0) is 14.8. The second-order valence-electron chi connectivity index (χ2n) is 4.90. The van der Waals surface area contributed by atoms with E-state index >= 15 is 0 Å². The number of hydrogen-bond donors (Lipinski definition) is 0. The molecule has 0 saturated carbocycles. The molecule has 2 aromatic carbocycles. The summed E-state index contributed by atoms with van der Waals surface area (Å²) in [5.41, 5.74) is 4.01. The lowest BCUT2D eigenvalue weighted by molar-refractivity contribution is 0.627. The van der Waals surface area contributed by atoms with Crippen LogP contribution in [0.25, 0.3) is 11.3 Å². The first-order valence-electron chi connectivity index (χ1n) is 6.68. The molecule has 0 amide bonds. The Morgan fingerprint density at radius 3 is 2.38 bits per heavy atom. The summed E-state index contributed by atoms with van der Waals surface area (Å²) in [6, 6.07) is 16.6. The molecule has 0 spiro atoms. The van der Waals surface area contributed by atoms with Crippen molar-refractivity contribution in [2.45, 2.75) is 13.5 Å². The fourth-order valence-electron chi connectivity index (χ4n) is 2.31. The summed E-state index contributed by atoms with van der Waals surface area (Å²) in [5, 5.41) is 4.58. The van der Waals surface area contributed by atoms with Crippen molar-refractivity contribution < 1.29 is 4.39 Å². The first kappa shape index (κ1) is 14.0. The number of aromatic nitrogens is 2. The Kier molecular flexibility index (Phi) is 3.88. The lowest BCUT2D eigenvalue weighted by Crippen LogP contribution is -2.04. The summed E-state index contributed by atoms with van der Waals surface area (Å²) >= 11 is 3.59. The largest absolute Gasteiger partial charge is 0.259 e. The van der Waals surface area contributed by atoms with Crippen LogP contribution < -0.4 is 0 Å². The molecule has 0 unspecified atom stereocenters. The van der Waals surface area contributed by atoms with Crippen LogP contribution in [0.2, 0.25) is 0 Å². The molecule has 1 heterocycles. The zero-order valence-electron chi connectivity index (χ0n) is 11.6. The maximum atomic E-state index is 13.1. The predicted molar refractivity (Wildman–Crippen MR) is 85.6 cm³/mol.